The number of rotatable bonds is 5. The summed E-state index contributed by atoms with van der Waals surface area (Å²) in [6, 6.07) is 11.9. The van der Waals surface area contributed by atoms with Gasteiger partial charge in [-0.2, -0.15) is 5.10 Å². The smallest absolute Gasteiger partial charge is 0.329 e. The van der Waals surface area contributed by atoms with Crippen molar-refractivity contribution in [3.63, 3.8) is 0 Å². The summed E-state index contributed by atoms with van der Waals surface area (Å²) in [6.45, 7) is 1.77. The number of nitrogens with zero attached hydrogens (tertiary/aromatic N) is 3. The maximum atomic E-state index is 12.7. The van der Waals surface area contributed by atoms with E-state index in [-0.39, 0.29) is 22.8 Å². The first-order chi connectivity index (χ1) is 15.0. The molecule has 0 saturated carbocycles. The number of carbonyl (C=O) groups is 3. The Labute approximate surface area is 176 Å². The molecule has 1 heterocycles. The van der Waals surface area contributed by atoms with Gasteiger partial charge in [0, 0.05) is 25.2 Å². The second kappa shape index (κ2) is 10.1. The molecule has 3 rings (SSSR count). The van der Waals surface area contributed by atoms with Crippen LogP contribution in [0.1, 0.15) is 15.9 Å². The van der Waals surface area contributed by atoms with Gasteiger partial charge in [0.25, 0.3) is 11.6 Å². The summed E-state index contributed by atoms with van der Waals surface area (Å²) in [6.07, 6.45) is 1.24. The first-order valence-corrected chi connectivity index (χ1v) is 9.30. The normalized spacial score (nSPS) is 13.6. The third-order valence-corrected chi connectivity index (χ3v) is 4.39. The van der Waals surface area contributed by atoms with Crippen LogP contribution >= 0.6 is 0 Å². The molecular formula is C20H19N5O6. The maximum Gasteiger partial charge on any atom is 0.329 e. The van der Waals surface area contributed by atoms with Crippen LogP contribution < -0.4 is 10.7 Å². The van der Waals surface area contributed by atoms with E-state index >= 15 is 0 Å². The molecule has 0 aliphatic carbocycles. The van der Waals surface area contributed by atoms with Crippen LogP contribution in [-0.4, -0.2) is 60.1 Å². The minimum Gasteiger partial charge on any atom is -0.378 e. The Bertz CT molecular complexity index is 1010. The van der Waals surface area contributed by atoms with E-state index in [1.165, 1.54) is 36.5 Å². The van der Waals surface area contributed by atoms with Crippen LogP contribution in [-0.2, 0) is 14.3 Å². The van der Waals surface area contributed by atoms with Crippen LogP contribution in [0.15, 0.2) is 53.6 Å². The van der Waals surface area contributed by atoms with E-state index in [4.69, 9.17) is 4.74 Å². The second-order valence-electron chi connectivity index (χ2n) is 6.45. The molecule has 1 fully saturated rings. The van der Waals surface area contributed by atoms with Gasteiger partial charge >= 0.3 is 11.8 Å². The van der Waals surface area contributed by atoms with Crippen LogP contribution in [0.2, 0.25) is 0 Å². The van der Waals surface area contributed by atoms with Gasteiger partial charge in [0.15, 0.2) is 0 Å². The van der Waals surface area contributed by atoms with E-state index in [2.05, 4.69) is 15.8 Å². The van der Waals surface area contributed by atoms with Crippen LogP contribution in [0.5, 0.6) is 0 Å². The van der Waals surface area contributed by atoms with Gasteiger partial charge in [-0.1, -0.05) is 12.1 Å². The quantitative estimate of drug-likeness (QED) is 0.318. The summed E-state index contributed by atoms with van der Waals surface area (Å²) in [5.41, 5.74) is 2.96. The van der Waals surface area contributed by atoms with Crippen molar-refractivity contribution in [2.75, 3.05) is 31.6 Å². The molecular weight excluding hydrogens is 406 g/mol. The van der Waals surface area contributed by atoms with Crippen molar-refractivity contribution in [3.8, 4) is 0 Å². The fourth-order valence-electron chi connectivity index (χ4n) is 2.79. The summed E-state index contributed by atoms with van der Waals surface area (Å²) in [4.78, 5) is 48.7. The molecule has 2 N–H and O–H groups in total. The Morgan fingerprint density at radius 3 is 2.39 bits per heavy atom. The Kier molecular flexibility index (Phi) is 7.01. The average Bonchev–Trinajstić information content (AvgIpc) is 2.79. The number of ether oxygens (including phenoxy) is 1. The third kappa shape index (κ3) is 5.70. The lowest BCUT2D eigenvalue weighted by molar-refractivity contribution is -0.384. The van der Waals surface area contributed by atoms with Crippen molar-refractivity contribution in [2.24, 2.45) is 5.10 Å². The molecule has 11 nitrogen and oxygen atoms in total. The summed E-state index contributed by atoms with van der Waals surface area (Å²) in [5, 5.41) is 16.7. The van der Waals surface area contributed by atoms with E-state index in [1.807, 2.05) is 0 Å². The number of amides is 3. The highest BCUT2D eigenvalue weighted by molar-refractivity contribution is 6.40. The number of benzene rings is 2. The lowest BCUT2D eigenvalue weighted by Gasteiger charge is -2.27. The first-order valence-electron chi connectivity index (χ1n) is 9.30. The zero-order valence-electron chi connectivity index (χ0n) is 16.3. The molecule has 2 aromatic rings. The Hall–Kier alpha value is -4.12. The summed E-state index contributed by atoms with van der Waals surface area (Å²) in [5.74, 6) is -2.30. The third-order valence-electron chi connectivity index (χ3n) is 4.39. The standard InChI is InChI=1S/C20H19N5O6/c26-18(19(27)23-21-13-14-5-7-15(8-6-14)25(29)30)22-17-4-2-1-3-16(17)20(28)24-9-11-31-12-10-24/h1-8,13H,9-12H2,(H,22,26)(H,23,27). The molecule has 1 saturated heterocycles. The Balaban J connectivity index is 1.60. The number of hydrazone groups is 1. The van der Waals surface area contributed by atoms with Crippen LogP contribution in [0, 0.1) is 10.1 Å². The van der Waals surface area contributed by atoms with Crippen molar-refractivity contribution in [1.82, 2.24) is 10.3 Å². The number of nitrogens with one attached hydrogen (secondary N) is 2. The van der Waals surface area contributed by atoms with Crippen molar-refractivity contribution in [2.45, 2.75) is 0 Å². The molecule has 31 heavy (non-hydrogen) atoms. The number of non-ortho nitro benzene ring substituents is 1. The highest BCUT2D eigenvalue weighted by Crippen LogP contribution is 2.18. The maximum absolute atomic E-state index is 12.7. The molecule has 1 aliphatic heterocycles. The molecule has 0 spiro atoms. The zero-order valence-corrected chi connectivity index (χ0v) is 16.3. The molecule has 3 amide bonds. The molecule has 2 aromatic carbocycles. The van der Waals surface area contributed by atoms with E-state index in [0.29, 0.717) is 31.9 Å². The van der Waals surface area contributed by atoms with Gasteiger partial charge in [-0.15, -0.1) is 0 Å². The van der Waals surface area contributed by atoms with Crippen LogP contribution in [0.3, 0.4) is 0 Å². The summed E-state index contributed by atoms with van der Waals surface area (Å²) < 4.78 is 5.24. The van der Waals surface area contributed by atoms with Crippen molar-refractivity contribution < 1.29 is 24.0 Å². The van der Waals surface area contributed by atoms with Gasteiger partial charge in [0.2, 0.25) is 0 Å². The minimum absolute atomic E-state index is 0.0779. The van der Waals surface area contributed by atoms with Gasteiger partial charge in [-0.05, 0) is 29.8 Å². The Morgan fingerprint density at radius 1 is 1.03 bits per heavy atom. The molecule has 1 aliphatic rings. The molecule has 0 aromatic heterocycles. The van der Waals surface area contributed by atoms with Crippen molar-refractivity contribution in [1.29, 1.82) is 0 Å². The monoisotopic (exact) mass is 425 g/mol. The molecule has 0 atom stereocenters. The molecule has 0 unspecified atom stereocenters. The molecule has 0 bridgehead atoms. The van der Waals surface area contributed by atoms with Gasteiger partial charge in [0.1, 0.15) is 0 Å². The number of hydrogen-bond acceptors (Lipinski definition) is 7. The number of para-hydroxylation sites is 1. The van der Waals surface area contributed by atoms with Gasteiger partial charge in [0.05, 0.1) is 35.6 Å². The average molecular weight is 425 g/mol. The second-order valence-corrected chi connectivity index (χ2v) is 6.45. The fraction of sp³-hybridized carbons (Fsp3) is 0.200. The van der Waals surface area contributed by atoms with Crippen LogP contribution in [0.4, 0.5) is 11.4 Å². The van der Waals surface area contributed by atoms with E-state index in [9.17, 15) is 24.5 Å². The number of carbonyl (C=O) groups excluding carboxylic acids is 3. The van der Waals surface area contributed by atoms with Crippen molar-refractivity contribution >= 4 is 35.3 Å². The predicted octanol–water partition coefficient (Wildman–Crippen LogP) is 1.16. The van der Waals surface area contributed by atoms with E-state index < -0.39 is 16.7 Å². The lowest BCUT2D eigenvalue weighted by Crippen LogP contribution is -2.41. The van der Waals surface area contributed by atoms with Crippen LogP contribution in [0.25, 0.3) is 0 Å². The molecule has 0 radical (unpaired) electrons. The zero-order chi connectivity index (χ0) is 22.2. The summed E-state index contributed by atoms with van der Waals surface area (Å²) >= 11 is 0. The highest BCUT2D eigenvalue weighted by Gasteiger charge is 2.22. The number of nitro groups is 1. The number of morpholine rings is 1. The van der Waals surface area contributed by atoms with Gasteiger partial charge in [-0.3, -0.25) is 24.5 Å². The van der Waals surface area contributed by atoms with Gasteiger partial charge < -0.3 is 15.0 Å². The fourth-order valence-corrected chi connectivity index (χ4v) is 2.79. The molecule has 160 valence electrons. The SMILES string of the molecule is O=C(NN=Cc1ccc([N+](=O)[O-])cc1)C(=O)Nc1ccccc1C(=O)N1CCOCC1. The Morgan fingerprint density at radius 2 is 1.71 bits per heavy atom. The minimum atomic E-state index is -1.04. The largest absolute Gasteiger partial charge is 0.378 e. The first kappa shape index (κ1) is 21.6. The van der Waals surface area contributed by atoms with Gasteiger partial charge in [-0.25, -0.2) is 5.43 Å². The number of hydrogen-bond donors (Lipinski definition) is 2. The highest BCUT2D eigenvalue weighted by atomic mass is 16.6. The van der Waals surface area contributed by atoms with Crippen molar-refractivity contribution in [3.05, 3.63) is 69.8 Å². The number of nitro benzene ring substituents is 1. The van der Waals surface area contributed by atoms with E-state index in [0.717, 1.165) is 0 Å². The predicted molar refractivity (Wildman–Crippen MR) is 111 cm³/mol. The summed E-state index contributed by atoms with van der Waals surface area (Å²) in [7, 11) is 0. The lowest BCUT2D eigenvalue weighted by atomic mass is 10.1. The van der Waals surface area contributed by atoms with E-state index in [1.54, 1.807) is 23.1 Å². The topological polar surface area (TPSA) is 143 Å². The number of anilines is 1. The molecule has 11 heteroatoms.